The van der Waals surface area contributed by atoms with Crippen molar-refractivity contribution in [1.29, 1.82) is 0 Å². The van der Waals surface area contributed by atoms with Crippen molar-refractivity contribution < 1.29 is 9.90 Å². The van der Waals surface area contributed by atoms with Gasteiger partial charge in [-0.05, 0) is 81.0 Å². The molecule has 100 valence electrons. The molecule has 0 aromatic rings. The Balaban J connectivity index is 1.59. The first kappa shape index (κ1) is 11.3. The van der Waals surface area contributed by atoms with Crippen molar-refractivity contribution in [2.45, 2.75) is 64.2 Å². The molecule has 2 nitrogen and oxygen atoms in total. The Bertz CT molecular complexity index is 345. The Kier molecular flexibility index (Phi) is 2.21. The van der Waals surface area contributed by atoms with Crippen LogP contribution in [0.4, 0.5) is 0 Å². The number of hydrogen-bond acceptors (Lipinski definition) is 1. The normalized spacial score (nSPS) is 47.9. The summed E-state index contributed by atoms with van der Waals surface area (Å²) in [6.45, 7) is 0. The Morgan fingerprint density at radius 2 is 1.50 bits per heavy atom. The minimum absolute atomic E-state index is 0.314. The highest BCUT2D eigenvalue weighted by atomic mass is 16.4. The van der Waals surface area contributed by atoms with E-state index in [1.54, 1.807) is 0 Å². The van der Waals surface area contributed by atoms with Crippen LogP contribution in [0.5, 0.6) is 0 Å². The molecule has 5 aliphatic carbocycles. The van der Waals surface area contributed by atoms with Crippen LogP contribution < -0.4 is 0 Å². The van der Waals surface area contributed by atoms with E-state index >= 15 is 0 Å². The summed E-state index contributed by atoms with van der Waals surface area (Å²) in [5.74, 6) is 2.34. The van der Waals surface area contributed by atoms with E-state index in [0.29, 0.717) is 5.41 Å². The minimum Gasteiger partial charge on any atom is -0.481 e. The molecule has 5 aliphatic rings. The Labute approximate surface area is 109 Å². The van der Waals surface area contributed by atoms with Gasteiger partial charge < -0.3 is 5.11 Å². The van der Waals surface area contributed by atoms with Crippen molar-refractivity contribution in [3.05, 3.63) is 0 Å². The first-order valence-electron chi connectivity index (χ1n) is 7.83. The average Bonchev–Trinajstić information content (AvgIpc) is 2.21. The van der Waals surface area contributed by atoms with Gasteiger partial charge in [0.1, 0.15) is 0 Å². The summed E-state index contributed by atoms with van der Waals surface area (Å²) >= 11 is 0. The van der Waals surface area contributed by atoms with E-state index in [1.165, 1.54) is 38.5 Å². The molecule has 0 aliphatic heterocycles. The van der Waals surface area contributed by atoms with Crippen LogP contribution >= 0.6 is 0 Å². The molecule has 0 aromatic carbocycles. The number of rotatable bonds is 3. The number of carbonyl (C=O) groups is 1. The monoisotopic (exact) mass is 248 g/mol. The molecule has 0 heterocycles. The number of aliphatic carboxylic acids is 1. The second kappa shape index (κ2) is 3.52. The molecule has 0 saturated heterocycles. The first-order valence-corrected chi connectivity index (χ1v) is 7.83. The highest BCUT2D eigenvalue weighted by Crippen LogP contribution is 2.65. The van der Waals surface area contributed by atoms with Crippen molar-refractivity contribution in [3.63, 3.8) is 0 Å². The van der Waals surface area contributed by atoms with E-state index in [0.717, 1.165) is 43.4 Å². The van der Waals surface area contributed by atoms with Crippen LogP contribution in [0.1, 0.15) is 64.2 Å². The van der Waals surface area contributed by atoms with Gasteiger partial charge in [0.05, 0.1) is 5.41 Å². The molecule has 5 saturated carbocycles. The Hall–Kier alpha value is -0.530. The van der Waals surface area contributed by atoms with Gasteiger partial charge in [0.25, 0.3) is 0 Å². The third-order valence-corrected chi connectivity index (χ3v) is 6.64. The number of carboxylic acid groups (broad SMARTS) is 1. The number of hydrogen-bond donors (Lipinski definition) is 1. The van der Waals surface area contributed by atoms with Gasteiger partial charge >= 0.3 is 5.97 Å². The van der Waals surface area contributed by atoms with E-state index in [4.69, 9.17) is 0 Å². The smallest absolute Gasteiger partial charge is 0.309 e. The largest absolute Gasteiger partial charge is 0.481 e. The van der Waals surface area contributed by atoms with E-state index in [-0.39, 0.29) is 5.41 Å². The van der Waals surface area contributed by atoms with Crippen LogP contribution in [0, 0.1) is 28.6 Å². The summed E-state index contributed by atoms with van der Waals surface area (Å²) in [7, 11) is 0. The minimum atomic E-state index is -0.496. The molecule has 0 spiro atoms. The molecule has 4 bridgehead atoms. The predicted octanol–water partition coefficient (Wildman–Crippen LogP) is 3.85. The molecule has 5 fully saturated rings. The Morgan fingerprint density at radius 1 is 1.00 bits per heavy atom. The molecule has 0 unspecified atom stereocenters. The van der Waals surface area contributed by atoms with Gasteiger partial charge in [-0.25, -0.2) is 0 Å². The molecule has 0 radical (unpaired) electrons. The van der Waals surface area contributed by atoms with Gasteiger partial charge in [0.15, 0.2) is 0 Å². The fourth-order valence-electron chi connectivity index (χ4n) is 6.29. The van der Waals surface area contributed by atoms with E-state index in [2.05, 4.69) is 0 Å². The Morgan fingerprint density at radius 3 is 1.83 bits per heavy atom. The van der Waals surface area contributed by atoms with Gasteiger partial charge in [-0.2, -0.15) is 0 Å². The molecule has 0 atom stereocenters. The van der Waals surface area contributed by atoms with Gasteiger partial charge in [0, 0.05) is 0 Å². The summed E-state index contributed by atoms with van der Waals surface area (Å²) in [6, 6.07) is 0. The molecule has 0 amide bonds. The zero-order valence-corrected chi connectivity index (χ0v) is 11.2. The maximum atomic E-state index is 11.6. The summed E-state index contributed by atoms with van der Waals surface area (Å²) < 4.78 is 0. The van der Waals surface area contributed by atoms with Crippen LogP contribution in [0.3, 0.4) is 0 Å². The van der Waals surface area contributed by atoms with Crippen molar-refractivity contribution in [3.8, 4) is 0 Å². The lowest BCUT2D eigenvalue weighted by atomic mass is 9.45. The quantitative estimate of drug-likeness (QED) is 0.823. The summed E-state index contributed by atoms with van der Waals surface area (Å²) in [5.41, 5.74) is 0.124. The van der Waals surface area contributed by atoms with Gasteiger partial charge in [0.2, 0.25) is 0 Å². The zero-order chi connectivity index (χ0) is 12.4. The fourth-order valence-corrected chi connectivity index (χ4v) is 6.29. The van der Waals surface area contributed by atoms with Crippen LogP contribution in [-0.2, 0) is 4.79 Å². The van der Waals surface area contributed by atoms with Gasteiger partial charge in [-0.3, -0.25) is 4.79 Å². The highest BCUT2D eigenvalue weighted by molar-refractivity contribution is 5.75. The van der Waals surface area contributed by atoms with E-state index < -0.39 is 5.97 Å². The lowest BCUT2D eigenvalue weighted by molar-refractivity contribution is -0.163. The summed E-state index contributed by atoms with van der Waals surface area (Å²) in [4.78, 5) is 11.6. The molecule has 18 heavy (non-hydrogen) atoms. The first-order chi connectivity index (χ1) is 8.59. The SMILES string of the molecule is O=C(O)C1(CC23CC4CC(CC(C4)C2)C3)CCC1. The summed E-state index contributed by atoms with van der Waals surface area (Å²) in [6.07, 6.45) is 12.5. The third kappa shape index (κ3) is 1.50. The van der Waals surface area contributed by atoms with Crippen molar-refractivity contribution in [1.82, 2.24) is 0 Å². The average molecular weight is 248 g/mol. The molecular formula is C16H24O2. The lowest BCUT2D eigenvalue weighted by Gasteiger charge is -2.59. The molecule has 2 heteroatoms. The zero-order valence-electron chi connectivity index (χ0n) is 11.2. The maximum Gasteiger partial charge on any atom is 0.309 e. The predicted molar refractivity (Wildman–Crippen MR) is 69.1 cm³/mol. The van der Waals surface area contributed by atoms with Crippen molar-refractivity contribution >= 4 is 5.97 Å². The van der Waals surface area contributed by atoms with Crippen LogP contribution in [0.2, 0.25) is 0 Å². The second-order valence-corrected chi connectivity index (χ2v) is 8.03. The molecule has 1 N–H and O–H groups in total. The second-order valence-electron chi connectivity index (χ2n) is 8.03. The van der Waals surface area contributed by atoms with Gasteiger partial charge in [-0.15, -0.1) is 0 Å². The van der Waals surface area contributed by atoms with Crippen LogP contribution in [0.25, 0.3) is 0 Å². The fraction of sp³-hybridized carbons (Fsp3) is 0.938. The third-order valence-electron chi connectivity index (χ3n) is 6.64. The van der Waals surface area contributed by atoms with Crippen molar-refractivity contribution in [2.75, 3.05) is 0 Å². The maximum absolute atomic E-state index is 11.6. The topological polar surface area (TPSA) is 37.3 Å². The van der Waals surface area contributed by atoms with Crippen LogP contribution in [-0.4, -0.2) is 11.1 Å². The molecular weight excluding hydrogens is 224 g/mol. The van der Waals surface area contributed by atoms with E-state index in [1.807, 2.05) is 0 Å². The molecule has 0 aromatic heterocycles. The lowest BCUT2D eigenvalue weighted by Crippen LogP contribution is -2.51. The van der Waals surface area contributed by atoms with E-state index in [9.17, 15) is 9.90 Å². The molecule has 5 rings (SSSR count). The summed E-state index contributed by atoms with van der Waals surface area (Å²) in [5, 5.41) is 9.59. The van der Waals surface area contributed by atoms with Gasteiger partial charge in [-0.1, -0.05) is 6.42 Å². The van der Waals surface area contributed by atoms with Crippen molar-refractivity contribution in [2.24, 2.45) is 28.6 Å². The number of carboxylic acids is 1. The van der Waals surface area contributed by atoms with Crippen LogP contribution in [0.15, 0.2) is 0 Å². The highest BCUT2D eigenvalue weighted by Gasteiger charge is 2.56. The standard InChI is InChI=1S/C16H24O2/c17-14(18)16(2-1-3-16)10-15-7-11-4-12(8-15)6-13(5-11)9-15/h11-13H,1-10H2,(H,17,18).